The lowest BCUT2D eigenvalue weighted by molar-refractivity contribution is -0.154. The van der Waals surface area contributed by atoms with Crippen LogP contribution in [0.3, 0.4) is 0 Å². The van der Waals surface area contributed by atoms with Crippen molar-refractivity contribution < 1.29 is 9.53 Å². The fraction of sp³-hybridized carbons (Fsp3) is 0.611. The second-order valence-electron chi connectivity index (χ2n) is 6.25. The highest BCUT2D eigenvalue weighted by molar-refractivity contribution is 5.70. The number of carbonyl (C=O) groups excluding carboxylic acids is 1. The maximum atomic E-state index is 12.2. The van der Waals surface area contributed by atoms with Crippen molar-refractivity contribution in [3.05, 3.63) is 29.8 Å². The molecular weight excluding hydrogens is 262 g/mol. The molecule has 21 heavy (non-hydrogen) atoms. The van der Waals surface area contributed by atoms with Crippen molar-refractivity contribution in [3.8, 4) is 0 Å². The molecule has 3 atom stereocenters. The molecule has 2 rings (SSSR count). The number of hydrogen-bond acceptors (Lipinski definition) is 3. The molecule has 3 heteroatoms. The largest absolute Gasteiger partial charge is 0.462 e. The van der Waals surface area contributed by atoms with Crippen molar-refractivity contribution in [2.24, 2.45) is 5.92 Å². The lowest BCUT2D eigenvalue weighted by atomic mass is 9.84. The molecule has 2 N–H and O–H groups in total. The molecular formula is C18H27NO2. The highest BCUT2D eigenvalue weighted by Crippen LogP contribution is 2.30. The zero-order chi connectivity index (χ0) is 15.2. The van der Waals surface area contributed by atoms with E-state index in [0.717, 1.165) is 24.1 Å². The lowest BCUT2D eigenvalue weighted by Crippen LogP contribution is -2.30. The van der Waals surface area contributed by atoms with Crippen LogP contribution in [0.4, 0.5) is 5.69 Å². The normalized spacial score (nSPS) is 23.5. The Kier molecular flexibility index (Phi) is 5.66. The molecule has 0 radical (unpaired) electrons. The zero-order valence-corrected chi connectivity index (χ0v) is 13.2. The van der Waals surface area contributed by atoms with Crippen LogP contribution in [0.5, 0.6) is 0 Å². The van der Waals surface area contributed by atoms with Gasteiger partial charge in [-0.05, 0) is 55.2 Å². The van der Waals surface area contributed by atoms with Gasteiger partial charge in [-0.25, -0.2) is 0 Å². The number of nitrogen functional groups attached to an aromatic ring is 1. The molecule has 1 aliphatic rings. The summed E-state index contributed by atoms with van der Waals surface area (Å²) in [6, 6.07) is 7.74. The number of ether oxygens (including phenoxy) is 1. The molecule has 1 saturated carbocycles. The quantitative estimate of drug-likeness (QED) is 0.650. The van der Waals surface area contributed by atoms with Gasteiger partial charge in [0.2, 0.25) is 0 Å². The van der Waals surface area contributed by atoms with Gasteiger partial charge in [-0.2, -0.15) is 0 Å². The summed E-state index contributed by atoms with van der Waals surface area (Å²) in [6.45, 7) is 4.25. The third-order valence-corrected chi connectivity index (χ3v) is 4.62. The molecule has 0 heterocycles. The van der Waals surface area contributed by atoms with E-state index in [2.05, 4.69) is 13.8 Å². The van der Waals surface area contributed by atoms with Gasteiger partial charge in [0, 0.05) is 5.69 Å². The van der Waals surface area contributed by atoms with Gasteiger partial charge in [0.15, 0.2) is 0 Å². The second kappa shape index (κ2) is 7.48. The van der Waals surface area contributed by atoms with Gasteiger partial charge in [-0.3, -0.25) is 4.79 Å². The molecule has 1 aromatic rings. The van der Waals surface area contributed by atoms with Crippen molar-refractivity contribution in [2.45, 2.75) is 64.4 Å². The van der Waals surface area contributed by atoms with Crippen molar-refractivity contribution in [1.29, 1.82) is 0 Å². The first-order valence-corrected chi connectivity index (χ1v) is 8.15. The van der Waals surface area contributed by atoms with Crippen LogP contribution in [0.1, 0.15) is 63.9 Å². The highest BCUT2D eigenvalue weighted by Gasteiger charge is 2.27. The molecule has 1 aromatic carbocycles. The monoisotopic (exact) mass is 289 g/mol. The topological polar surface area (TPSA) is 52.3 Å². The maximum absolute atomic E-state index is 12.2. The van der Waals surface area contributed by atoms with Gasteiger partial charge in [0.05, 0.1) is 6.42 Å². The van der Waals surface area contributed by atoms with E-state index >= 15 is 0 Å². The van der Waals surface area contributed by atoms with Crippen molar-refractivity contribution in [1.82, 2.24) is 0 Å². The summed E-state index contributed by atoms with van der Waals surface area (Å²) in [5.74, 6) is 0.654. The Balaban J connectivity index is 1.87. The summed E-state index contributed by atoms with van der Waals surface area (Å²) >= 11 is 0. The average Bonchev–Trinajstić information content (AvgIpc) is 2.48. The van der Waals surface area contributed by atoms with E-state index < -0.39 is 0 Å². The predicted molar refractivity (Wildman–Crippen MR) is 86.0 cm³/mol. The third kappa shape index (κ3) is 4.48. The zero-order valence-electron chi connectivity index (χ0n) is 13.2. The predicted octanol–water partition coefficient (Wildman–Crippen LogP) is 4.27. The van der Waals surface area contributed by atoms with Crippen LogP contribution in [0.25, 0.3) is 0 Å². The Morgan fingerprint density at radius 2 is 1.95 bits per heavy atom. The molecule has 0 amide bonds. The minimum Gasteiger partial charge on any atom is -0.462 e. The standard InChI is InChI=1S/C18H27NO2/c1-3-14-6-4-5-7-17(14)21-18(20)12-13(2)15-8-10-16(19)11-9-15/h8-11,13-14,17H,3-7,12,19H2,1-2H3. The fourth-order valence-corrected chi connectivity index (χ4v) is 3.21. The number of esters is 1. The number of hydrogen-bond donors (Lipinski definition) is 1. The smallest absolute Gasteiger partial charge is 0.306 e. The van der Waals surface area contributed by atoms with Gasteiger partial charge in [0.1, 0.15) is 6.10 Å². The summed E-state index contributed by atoms with van der Waals surface area (Å²) in [7, 11) is 0. The van der Waals surface area contributed by atoms with Crippen LogP contribution in [0.15, 0.2) is 24.3 Å². The Hall–Kier alpha value is -1.51. The number of carbonyl (C=O) groups is 1. The Morgan fingerprint density at radius 3 is 2.62 bits per heavy atom. The van der Waals surface area contributed by atoms with E-state index in [0.29, 0.717) is 12.3 Å². The first-order chi connectivity index (χ1) is 10.1. The van der Waals surface area contributed by atoms with E-state index in [4.69, 9.17) is 10.5 Å². The van der Waals surface area contributed by atoms with Crippen molar-refractivity contribution in [3.63, 3.8) is 0 Å². The Labute approximate surface area is 127 Å². The number of rotatable bonds is 5. The van der Waals surface area contributed by atoms with Crippen LogP contribution >= 0.6 is 0 Å². The summed E-state index contributed by atoms with van der Waals surface area (Å²) in [6.07, 6.45) is 6.36. The fourth-order valence-electron chi connectivity index (χ4n) is 3.21. The number of nitrogens with two attached hydrogens (primary N) is 1. The minimum atomic E-state index is -0.0651. The number of anilines is 1. The molecule has 3 unspecified atom stereocenters. The van der Waals surface area contributed by atoms with E-state index in [9.17, 15) is 4.79 Å². The summed E-state index contributed by atoms with van der Waals surface area (Å²) in [5.41, 5.74) is 7.58. The van der Waals surface area contributed by atoms with Crippen molar-refractivity contribution >= 4 is 11.7 Å². The number of benzene rings is 1. The minimum absolute atomic E-state index is 0.0651. The lowest BCUT2D eigenvalue weighted by Gasteiger charge is -2.30. The van der Waals surface area contributed by atoms with Crippen molar-refractivity contribution in [2.75, 3.05) is 5.73 Å². The highest BCUT2D eigenvalue weighted by atomic mass is 16.5. The van der Waals surface area contributed by atoms with E-state index in [1.807, 2.05) is 24.3 Å². The van der Waals surface area contributed by atoms with E-state index in [-0.39, 0.29) is 18.0 Å². The van der Waals surface area contributed by atoms with E-state index in [1.165, 1.54) is 19.3 Å². The third-order valence-electron chi connectivity index (χ3n) is 4.62. The first kappa shape index (κ1) is 15.9. The average molecular weight is 289 g/mol. The molecule has 116 valence electrons. The van der Waals surface area contributed by atoms with Crippen LogP contribution in [0.2, 0.25) is 0 Å². The Bertz CT molecular complexity index is 455. The molecule has 1 aliphatic carbocycles. The maximum Gasteiger partial charge on any atom is 0.306 e. The van der Waals surface area contributed by atoms with Gasteiger partial charge in [-0.15, -0.1) is 0 Å². The van der Waals surface area contributed by atoms with Gasteiger partial charge < -0.3 is 10.5 Å². The molecule has 0 aliphatic heterocycles. The summed E-state index contributed by atoms with van der Waals surface area (Å²) < 4.78 is 5.75. The Morgan fingerprint density at radius 1 is 1.29 bits per heavy atom. The van der Waals surface area contributed by atoms with Crippen LogP contribution in [-0.2, 0) is 9.53 Å². The van der Waals surface area contributed by atoms with Crippen LogP contribution in [0, 0.1) is 5.92 Å². The van der Waals surface area contributed by atoms with E-state index in [1.54, 1.807) is 0 Å². The molecule has 0 bridgehead atoms. The molecule has 1 fully saturated rings. The SMILES string of the molecule is CCC1CCCCC1OC(=O)CC(C)c1ccc(N)cc1. The van der Waals surface area contributed by atoms with Crippen LogP contribution < -0.4 is 5.73 Å². The first-order valence-electron chi connectivity index (χ1n) is 8.15. The molecule has 0 aromatic heterocycles. The van der Waals surface area contributed by atoms with Gasteiger partial charge >= 0.3 is 5.97 Å². The van der Waals surface area contributed by atoms with Crippen LogP contribution in [-0.4, -0.2) is 12.1 Å². The summed E-state index contributed by atoms with van der Waals surface area (Å²) in [5, 5.41) is 0. The van der Waals surface area contributed by atoms with Gasteiger partial charge in [0.25, 0.3) is 0 Å². The second-order valence-corrected chi connectivity index (χ2v) is 6.25. The molecule has 0 spiro atoms. The molecule has 0 saturated heterocycles. The summed E-state index contributed by atoms with van der Waals surface area (Å²) in [4.78, 5) is 12.2. The molecule has 3 nitrogen and oxygen atoms in total. The van der Waals surface area contributed by atoms with Gasteiger partial charge in [-0.1, -0.05) is 32.4 Å².